The van der Waals surface area contributed by atoms with Crippen molar-refractivity contribution in [1.29, 1.82) is 0 Å². The molecule has 3 fully saturated rings. The fourth-order valence-electron chi connectivity index (χ4n) is 9.57. The number of methoxy groups -OCH3 is 1. The van der Waals surface area contributed by atoms with Crippen LogP contribution in [0.1, 0.15) is 81.9 Å². The van der Waals surface area contributed by atoms with Gasteiger partial charge in [-0.3, -0.25) is 19.7 Å². The lowest BCUT2D eigenvalue weighted by Gasteiger charge is -2.38. The number of hydrogen-bond acceptors (Lipinski definition) is 10. The molecule has 7 rings (SSSR count). The second kappa shape index (κ2) is 19.0. The summed E-state index contributed by atoms with van der Waals surface area (Å²) >= 11 is 6.27. The summed E-state index contributed by atoms with van der Waals surface area (Å²) in [6.45, 7) is 4.68. The quantitative estimate of drug-likeness (QED) is 0.103. The van der Waals surface area contributed by atoms with E-state index in [-0.39, 0.29) is 58.5 Å². The first-order valence-electron chi connectivity index (χ1n) is 21.0. The van der Waals surface area contributed by atoms with Gasteiger partial charge >= 0.3 is 6.09 Å². The number of carbonyl (C=O) groups excluding carboxylic acids is 3. The number of benzene rings is 3. The molecule has 4 aliphatic rings. The van der Waals surface area contributed by atoms with E-state index in [0.717, 1.165) is 12.8 Å². The highest BCUT2D eigenvalue weighted by Crippen LogP contribution is 2.48. The molecule has 17 heteroatoms. The average molecular weight is 874 g/mol. The number of alkyl carbamates (subject to hydrolysis) is 1. The lowest BCUT2D eigenvalue weighted by Crippen LogP contribution is -2.54. The van der Waals surface area contributed by atoms with Crippen LogP contribution in [0.3, 0.4) is 0 Å². The number of ether oxygens (including phenoxy) is 1. The van der Waals surface area contributed by atoms with Crippen LogP contribution in [0.5, 0.6) is 0 Å². The molecular weight excluding hydrogens is 824 g/mol. The summed E-state index contributed by atoms with van der Waals surface area (Å²) in [5.41, 5.74) is 1.46. The summed E-state index contributed by atoms with van der Waals surface area (Å²) in [6.07, 6.45) is 6.06. The molecule has 0 radical (unpaired) electrons. The lowest BCUT2D eigenvalue weighted by atomic mass is 9.89. The number of rotatable bonds is 12. The van der Waals surface area contributed by atoms with E-state index in [1.807, 2.05) is 29.2 Å². The van der Waals surface area contributed by atoms with E-state index in [0.29, 0.717) is 44.3 Å². The Morgan fingerprint density at radius 1 is 0.952 bits per heavy atom. The van der Waals surface area contributed by atoms with Crippen molar-refractivity contribution in [1.82, 2.24) is 10.2 Å². The number of nitrogens with zero attached hydrogens (tertiary/aromatic N) is 5. The van der Waals surface area contributed by atoms with E-state index in [9.17, 15) is 29.4 Å². The molecule has 328 valence electrons. The molecule has 1 aliphatic carbocycles. The lowest BCUT2D eigenvalue weighted by molar-refractivity contribution is -0.384. The van der Waals surface area contributed by atoms with E-state index in [1.165, 1.54) is 41.8 Å². The van der Waals surface area contributed by atoms with Gasteiger partial charge in [-0.25, -0.2) is 13.6 Å². The average Bonchev–Trinajstić information content (AvgIpc) is 3.95. The first-order valence-corrected chi connectivity index (χ1v) is 21.4. The molecule has 3 aliphatic heterocycles. The number of nitro groups is 1. The molecule has 62 heavy (non-hydrogen) atoms. The van der Waals surface area contributed by atoms with Crippen molar-refractivity contribution in [3.63, 3.8) is 0 Å². The van der Waals surface area contributed by atoms with Crippen molar-refractivity contribution in [2.45, 2.75) is 88.9 Å². The highest BCUT2D eigenvalue weighted by atomic mass is 35.5. The number of halogens is 3. The molecule has 0 spiro atoms. The number of likely N-dealkylation sites (tertiary alicyclic amines) is 1. The summed E-state index contributed by atoms with van der Waals surface area (Å²) < 4.78 is 37.4. The second-order valence-corrected chi connectivity index (χ2v) is 17.1. The van der Waals surface area contributed by atoms with Crippen LogP contribution in [0, 0.1) is 38.5 Å². The van der Waals surface area contributed by atoms with Crippen molar-refractivity contribution >= 4 is 52.3 Å². The monoisotopic (exact) mass is 873 g/mol. The van der Waals surface area contributed by atoms with E-state index in [1.54, 1.807) is 30.9 Å². The first-order chi connectivity index (χ1) is 29.8. The van der Waals surface area contributed by atoms with E-state index < -0.39 is 64.3 Å². The van der Waals surface area contributed by atoms with Crippen molar-refractivity contribution in [3.8, 4) is 0 Å². The standard InChI is InChI=1S/C45H50ClF2N7O7/c1-26(2)41(50-45(58)62-3)44(57)53-19-7-10-39(53)43(56)49-35-14-12-30(23-40(35)55(60)61)38-16-15-37(29-11-13-32(46)36(22-29)51-59)54(38)31-24-33(47)42(34(48)25-31)52-20-17-28(18-21-52)27-8-5-4-6-9-27/h4-6,8-9,11-14,23-26,28-29,37-39,41H,7,10,15-22H2,1-3H3,(H,49,56)(H,50,58)/t29?,37-,38-,39+,41+/m1/s1. The Morgan fingerprint density at radius 3 is 2.31 bits per heavy atom. The SMILES string of the molecule is COC(=O)N[C@H](C(=O)N1CCC[C@H]1C(=O)Nc1ccc([C@H]2CC[C@H](C3C=CC(Cl)=C(N=O)C3)N2c2cc(F)c(N3CCC(c4ccccc4)CC3)c(F)c2)cc1[N+](=O)[O-])C(C)C. The summed E-state index contributed by atoms with van der Waals surface area (Å²) in [5.74, 6) is -2.93. The van der Waals surface area contributed by atoms with Crippen molar-refractivity contribution in [3.05, 3.63) is 121 Å². The molecule has 0 saturated carbocycles. The molecular formula is C45H50ClF2N7O7. The predicted molar refractivity (Wildman–Crippen MR) is 232 cm³/mol. The normalized spacial score (nSPS) is 22.2. The third-order valence-electron chi connectivity index (χ3n) is 12.7. The molecule has 0 aromatic heterocycles. The van der Waals surface area contributed by atoms with Gasteiger partial charge in [0.05, 0.1) is 23.1 Å². The van der Waals surface area contributed by atoms with E-state index >= 15 is 8.78 Å². The highest BCUT2D eigenvalue weighted by Gasteiger charge is 2.42. The third-order valence-corrected chi connectivity index (χ3v) is 13.0. The minimum Gasteiger partial charge on any atom is -0.453 e. The van der Waals surface area contributed by atoms with Crippen LogP contribution in [0.2, 0.25) is 0 Å². The summed E-state index contributed by atoms with van der Waals surface area (Å²) in [7, 11) is 1.18. The zero-order chi connectivity index (χ0) is 44.2. The van der Waals surface area contributed by atoms with Gasteiger partial charge in [-0.15, -0.1) is 4.91 Å². The Balaban J connectivity index is 1.16. The number of anilines is 3. The number of nitroso groups, excluding NO2 is 1. The zero-order valence-electron chi connectivity index (χ0n) is 34.8. The topological polar surface area (TPSA) is 167 Å². The largest absolute Gasteiger partial charge is 0.453 e. The second-order valence-electron chi connectivity index (χ2n) is 16.7. The zero-order valence-corrected chi connectivity index (χ0v) is 35.5. The minimum atomic E-state index is -0.961. The van der Waals surface area contributed by atoms with Gasteiger partial charge in [0, 0.05) is 49.8 Å². The molecule has 3 amide bonds. The van der Waals surface area contributed by atoms with Gasteiger partial charge < -0.3 is 30.1 Å². The first kappa shape index (κ1) is 44.2. The fourth-order valence-corrected chi connectivity index (χ4v) is 9.75. The summed E-state index contributed by atoms with van der Waals surface area (Å²) in [5, 5.41) is 21.2. The maximum atomic E-state index is 16.4. The van der Waals surface area contributed by atoms with Crippen LogP contribution >= 0.6 is 11.6 Å². The van der Waals surface area contributed by atoms with Gasteiger partial charge in [-0.2, -0.15) is 0 Å². The Kier molecular flexibility index (Phi) is 13.5. The summed E-state index contributed by atoms with van der Waals surface area (Å²) in [6, 6.07) is 14.2. The maximum absolute atomic E-state index is 16.4. The van der Waals surface area contributed by atoms with Gasteiger partial charge in [0.25, 0.3) is 5.69 Å². The Bertz CT molecular complexity index is 2250. The molecule has 5 atom stereocenters. The van der Waals surface area contributed by atoms with Crippen LogP contribution in [0.25, 0.3) is 0 Å². The van der Waals surface area contributed by atoms with Gasteiger partial charge in [0.15, 0.2) is 11.6 Å². The minimum absolute atomic E-state index is 0.0913. The number of allylic oxidation sites excluding steroid dienone is 3. The van der Waals surface area contributed by atoms with Gasteiger partial charge in [-0.1, -0.05) is 67.9 Å². The van der Waals surface area contributed by atoms with E-state index in [4.69, 9.17) is 11.6 Å². The van der Waals surface area contributed by atoms with Crippen LogP contribution in [-0.2, 0) is 14.3 Å². The molecule has 3 aromatic carbocycles. The number of nitrogens with one attached hydrogen (secondary N) is 2. The number of carbonyl (C=O) groups is 3. The smallest absolute Gasteiger partial charge is 0.407 e. The highest BCUT2D eigenvalue weighted by molar-refractivity contribution is 6.31. The molecule has 0 bridgehead atoms. The Morgan fingerprint density at radius 2 is 1.66 bits per heavy atom. The predicted octanol–water partition coefficient (Wildman–Crippen LogP) is 9.07. The van der Waals surface area contributed by atoms with Crippen LogP contribution in [-0.4, -0.2) is 72.6 Å². The maximum Gasteiger partial charge on any atom is 0.407 e. The third kappa shape index (κ3) is 9.15. The number of amides is 3. The molecule has 3 heterocycles. The fraction of sp³-hybridized carbons (Fsp3) is 0.444. The Labute approximate surface area is 363 Å². The van der Waals surface area contributed by atoms with Crippen molar-refractivity contribution in [2.24, 2.45) is 17.0 Å². The van der Waals surface area contributed by atoms with Crippen LogP contribution in [0.15, 0.2) is 88.7 Å². The van der Waals surface area contributed by atoms with Crippen LogP contribution < -0.4 is 20.4 Å². The van der Waals surface area contributed by atoms with E-state index in [2.05, 4.69) is 32.7 Å². The van der Waals surface area contributed by atoms with Crippen molar-refractivity contribution in [2.75, 3.05) is 41.9 Å². The van der Waals surface area contributed by atoms with Gasteiger partial charge in [0.1, 0.15) is 29.2 Å². The van der Waals surface area contributed by atoms with Gasteiger partial charge in [0.2, 0.25) is 11.8 Å². The number of hydrogen-bond donors (Lipinski definition) is 2. The molecule has 2 N–H and O–H groups in total. The Hall–Kier alpha value is -5.90. The number of piperidine rings is 1. The molecule has 3 aromatic rings. The molecule has 1 unspecified atom stereocenters. The molecule has 14 nitrogen and oxygen atoms in total. The van der Waals surface area contributed by atoms with Crippen LogP contribution in [0.4, 0.5) is 36.3 Å². The summed E-state index contributed by atoms with van der Waals surface area (Å²) in [4.78, 5) is 68.1. The van der Waals surface area contributed by atoms with Gasteiger partial charge in [-0.05, 0) is 90.9 Å². The number of nitro benzene ring substituents is 1. The molecule has 3 saturated heterocycles. The van der Waals surface area contributed by atoms with Crippen molar-refractivity contribution < 1.29 is 32.8 Å².